The summed E-state index contributed by atoms with van der Waals surface area (Å²) in [5.41, 5.74) is 3.48. The van der Waals surface area contributed by atoms with Crippen LogP contribution in [-0.2, 0) is 9.59 Å². The molecule has 162 valence electrons. The SMILES string of the molecule is COc1ccc(C2=C(Sc3ccccc3)C(=O)N(c3ccc(C)cc3C)C2=O)cc1OC. The number of anilines is 1. The van der Waals surface area contributed by atoms with Crippen molar-refractivity contribution in [2.24, 2.45) is 0 Å². The third kappa shape index (κ3) is 3.89. The number of benzene rings is 3. The van der Waals surface area contributed by atoms with E-state index in [1.807, 2.05) is 62.4 Å². The quantitative estimate of drug-likeness (QED) is 0.476. The third-order valence-corrected chi connectivity index (χ3v) is 6.36. The fourth-order valence-electron chi connectivity index (χ4n) is 3.73. The van der Waals surface area contributed by atoms with Crippen LogP contribution in [0.2, 0.25) is 0 Å². The number of carbonyl (C=O) groups excluding carboxylic acids is 2. The van der Waals surface area contributed by atoms with Gasteiger partial charge in [0.2, 0.25) is 0 Å². The molecule has 0 saturated carbocycles. The number of hydrogen-bond acceptors (Lipinski definition) is 5. The largest absolute Gasteiger partial charge is 0.493 e. The number of thioether (sulfide) groups is 1. The van der Waals surface area contributed by atoms with Gasteiger partial charge < -0.3 is 9.47 Å². The van der Waals surface area contributed by atoms with Gasteiger partial charge in [0.1, 0.15) is 0 Å². The van der Waals surface area contributed by atoms with E-state index in [0.717, 1.165) is 16.0 Å². The maximum Gasteiger partial charge on any atom is 0.272 e. The lowest BCUT2D eigenvalue weighted by Gasteiger charge is -2.18. The maximum atomic E-state index is 13.7. The van der Waals surface area contributed by atoms with Gasteiger partial charge in [0.25, 0.3) is 11.8 Å². The molecule has 0 spiro atoms. The first kappa shape index (κ1) is 21.7. The molecule has 0 radical (unpaired) electrons. The number of amides is 2. The van der Waals surface area contributed by atoms with Crippen LogP contribution in [0.15, 0.2) is 76.5 Å². The standard InChI is InChI=1S/C26H23NO4S/c1-16-10-12-20(17(2)14-16)27-25(28)23(18-11-13-21(30-3)22(15-18)31-4)24(26(27)29)32-19-8-6-5-7-9-19/h5-15H,1-4H3. The van der Waals surface area contributed by atoms with Crippen molar-refractivity contribution in [2.45, 2.75) is 18.7 Å². The molecule has 1 aliphatic heterocycles. The van der Waals surface area contributed by atoms with Crippen molar-refractivity contribution in [3.63, 3.8) is 0 Å². The Kier molecular flexibility index (Phi) is 6.06. The van der Waals surface area contributed by atoms with Crippen LogP contribution in [0.5, 0.6) is 11.5 Å². The predicted octanol–water partition coefficient (Wildman–Crippen LogP) is 5.40. The van der Waals surface area contributed by atoms with Gasteiger partial charge in [-0.05, 0) is 55.3 Å². The molecule has 0 aliphatic carbocycles. The first-order valence-corrected chi connectivity index (χ1v) is 10.9. The van der Waals surface area contributed by atoms with E-state index in [1.165, 1.54) is 16.7 Å². The van der Waals surface area contributed by atoms with Gasteiger partial charge in [-0.1, -0.05) is 53.7 Å². The number of rotatable bonds is 6. The van der Waals surface area contributed by atoms with Crippen LogP contribution < -0.4 is 14.4 Å². The van der Waals surface area contributed by atoms with E-state index in [9.17, 15) is 9.59 Å². The van der Waals surface area contributed by atoms with E-state index in [-0.39, 0.29) is 11.8 Å². The summed E-state index contributed by atoms with van der Waals surface area (Å²) in [6.45, 7) is 3.88. The Morgan fingerprint density at radius 3 is 2.16 bits per heavy atom. The summed E-state index contributed by atoms with van der Waals surface area (Å²) in [5.74, 6) is 0.358. The molecule has 0 fully saturated rings. The van der Waals surface area contributed by atoms with E-state index in [4.69, 9.17) is 9.47 Å². The summed E-state index contributed by atoms with van der Waals surface area (Å²) < 4.78 is 10.8. The minimum Gasteiger partial charge on any atom is -0.493 e. The Hall–Kier alpha value is -3.51. The normalized spacial score (nSPS) is 13.7. The van der Waals surface area contributed by atoms with Crippen molar-refractivity contribution in [3.05, 3.63) is 88.3 Å². The van der Waals surface area contributed by atoms with Crippen LogP contribution in [0.25, 0.3) is 5.57 Å². The number of methoxy groups -OCH3 is 2. The van der Waals surface area contributed by atoms with E-state index in [2.05, 4.69) is 0 Å². The van der Waals surface area contributed by atoms with Gasteiger partial charge in [0.15, 0.2) is 11.5 Å². The van der Waals surface area contributed by atoms with Crippen molar-refractivity contribution in [2.75, 3.05) is 19.1 Å². The van der Waals surface area contributed by atoms with Gasteiger partial charge in [0.05, 0.1) is 30.4 Å². The van der Waals surface area contributed by atoms with E-state index >= 15 is 0 Å². The van der Waals surface area contributed by atoms with Crippen LogP contribution in [0.3, 0.4) is 0 Å². The Bertz CT molecular complexity index is 1230. The Morgan fingerprint density at radius 2 is 1.50 bits per heavy atom. The molecule has 0 atom stereocenters. The molecule has 3 aromatic carbocycles. The van der Waals surface area contributed by atoms with Gasteiger partial charge >= 0.3 is 0 Å². The lowest BCUT2D eigenvalue weighted by molar-refractivity contribution is -0.119. The topological polar surface area (TPSA) is 55.8 Å². The molecule has 0 unspecified atom stereocenters. The van der Waals surface area contributed by atoms with Crippen molar-refractivity contribution in [3.8, 4) is 11.5 Å². The molecule has 6 heteroatoms. The van der Waals surface area contributed by atoms with Crippen LogP contribution >= 0.6 is 11.8 Å². The van der Waals surface area contributed by atoms with Crippen molar-refractivity contribution in [1.82, 2.24) is 0 Å². The zero-order valence-electron chi connectivity index (χ0n) is 18.3. The number of nitrogens with zero attached hydrogens (tertiary/aromatic N) is 1. The van der Waals surface area contributed by atoms with Gasteiger partial charge in [-0.2, -0.15) is 0 Å². The summed E-state index contributed by atoms with van der Waals surface area (Å²) in [4.78, 5) is 29.8. The molecule has 0 bridgehead atoms. The molecule has 0 aromatic heterocycles. The summed E-state index contributed by atoms with van der Waals surface area (Å²) >= 11 is 1.29. The van der Waals surface area contributed by atoms with Crippen LogP contribution in [0.4, 0.5) is 5.69 Å². The van der Waals surface area contributed by atoms with Gasteiger partial charge in [-0.15, -0.1) is 0 Å². The summed E-state index contributed by atoms with van der Waals surface area (Å²) in [6, 6.07) is 20.5. The average molecular weight is 446 g/mol. The number of aryl methyl sites for hydroxylation is 2. The van der Waals surface area contributed by atoms with Gasteiger partial charge in [-0.25, -0.2) is 4.90 Å². The zero-order chi connectivity index (χ0) is 22.8. The first-order valence-electron chi connectivity index (χ1n) is 10.1. The highest BCUT2D eigenvalue weighted by Crippen LogP contribution is 2.43. The number of hydrogen-bond donors (Lipinski definition) is 0. The highest BCUT2D eigenvalue weighted by atomic mass is 32.2. The number of ether oxygens (including phenoxy) is 2. The lowest BCUT2D eigenvalue weighted by Crippen LogP contribution is -2.32. The Balaban J connectivity index is 1.87. The molecule has 5 nitrogen and oxygen atoms in total. The summed E-state index contributed by atoms with van der Waals surface area (Å²) in [5, 5.41) is 0. The van der Waals surface area contributed by atoms with E-state index < -0.39 is 0 Å². The molecule has 4 rings (SSSR count). The predicted molar refractivity (Wildman–Crippen MR) is 127 cm³/mol. The monoisotopic (exact) mass is 445 g/mol. The maximum absolute atomic E-state index is 13.7. The number of imide groups is 1. The minimum absolute atomic E-state index is 0.333. The second-order valence-electron chi connectivity index (χ2n) is 7.42. The second kappa shape index (κ2) is 8.93. The first-order chi connectivity index (χ1) is 15.4. The highest BCUT2D eigenvalue weighted by Gasteiger charge is 2.41. The molecular formula is C26H23NO4S. The molecule has 0 N–H and O–H groups in total. The smallest absolute Gasteiger partial charge is 0.272 e. The summed E-state index contributed by atoms with van der Waals surface area (Å²) in [7, 11) is 3.10. The van der Waals surface area contributed by atoms with E-state index in [1.54, 1.807) is 32.4 Å². The molecule has 3 aromatic rings. The molecule has 1 aliphatic rings. The molecule has 1 heterocycles. The molecular weight excluding hydrogens is 422 g/mol. The average Bonchev–Trinajstić information content (AvgIpc) is 3.03. The third-order valence-electron chi connectivity index (χ3n) is 5.27. The van der Waals surface area contributed by atoms with Crippen LogP contribution in [-0.4, -0.2) is 26.0 Å². The van der Waals surface area contributed by atoms with Gasteiger partial charge in [-0.3, -0.25) is 9.59 Å². The fraction of sp³-hybridized carbons (Fsp3) is 0.154. The minimum atomic E-state index is -0.354. The fourth-order valence-corrected chi connectivity index (χ4v) is 4.75. The Morgan fingerprint density at radius 1 is 0.781 bits per heavy atom. The van der Waals surface area contributed by atoms with Crippen molar-refractivity contribution in [1.29, 1.82) is 0 Å². The Labute approximate surface area is 191 Å². The summed E-state index contributed by atoms with van der Waals surface area (Å²) in [6.07, 6.45) is 0. The van der Waals surface area contributed by atoms with Crippen LogP contribution in [0.1, 0.15) is 16.7 Å². The highest BCUT2D eigenvalue weighted by molar-refractivity contribution is 8.04. The molecule has 0 saturated heterocycles. The van der Waals surface area contributed by atoms with Gasteiger partial charge in [0, 0.05) is 4.90 Å². The van der Waals surface area contributed by atoms with Crippen molar-refractivity contribution < 1.29 is 19.1 Å². The molecule has 32 heavy (non-hydrogen) atoms. The molecule has 2 amide bonds. The van der Waals surface area contributed by atoms with Crippen LogP contribution in [0, 0.1) is 13.8 Å². The number of carbonyl (C=O) groups is 2. The van der Waals surface area contributed by atoms with Crippen molar-refractivity contribution >= 4 is 34.8 Å². The zero-order valence-corrected chi connectivity index (χ0v) is 19.2. The van der Waals surface area contributed by atoms with E-state index in [0.29, 0.717) is 33.2 Å². The second-order valence-corrected chi connectivity index (χ2v) is 8.51. The lowest BCUT2D eigenvalue weighted by atomic mass is 10.0.